The molecule has 0 saturated carbocycles. The molecule has 0 fully saturated rings. The van der Waals surface area contributed by atoms with Gasteiger partial charge in [-0.3, -0.25) is 4.79 Å². The van der Waals surface area contributed by atoms with E-state index < -0.39 is 5.82 Å². The molecule has 3 aromatic rings. The van der Waals surface area contributed by atoms with Gasteiger partial charge in [0.25, 0.3) is 0 Å². The number of hydrogen-bond acceptors (Lipinski definition) is 4. The molecule has 6 nitrogen and oxygen atoms in total. The van der Waals surface area contributed by atoms with Crippen LogP contribution in [-0.4, -0.2) is 29.2 Å². The van der Waals surface area contributed by atoms with E-state index in [4.69, 9.17) is 9.47 Å². The van der Waals surface area contributed by atoms with Crippen molar-refractivity contribution in [3.8, 4) is 17.2 Å². The summed E-state index contributed by atoms with van der Waals surface area (Å²) < 4.78 is 26.6. The Balaban J connectivity index is 1.68. The van der Waals surface area contributed by atoms with Gasteiger partial charge in [-0.2, -0.15) is 0 Å². The molecule has 28 heavy (non-hydrogen) atoms. The Bertz CT molecular complexity index is 985. The molecule has 7 heteroatoms. The average Bonchev–Trinajstić information content (AvgIpc) is 3.21. The largest absolute Gasteiger partial charge is 0.493 e. The molecule has 1 amide bonds. The molecule has 1 N–H and O–H groups in total. The van der Waals surface area contributed by atoms with Crippen LogP contribution in [-0.2, 0) is 4.79 Å². The third kappa shape index (κ3) is 4.56. The Hall–Kier alpha value is -3.61. The van der Waals surface area contributed by atoms with Gasteiger partial charge in [0.1, 0.15) is 5.82 Å². The summed E-state index contributed by atoms with van der Waals surface area (Å²) in [6, 6.07) is 9.84. The first-order valence-electron chi connectivity index (χ1n) is 8.68. The van der Waals surface area contributed by atoms with E-state index in [1.165, 1.54) is 18.5 Å². The third-order valence-electron chi connectivity index (χ3n) is 3.91. The number of aromatic nitrogens is 2. The minimum Gasteiger partial charge on any atom is -0.493 e. The lowest BCUT2D eigenvalue weighted by atomic mass is 10.2. The predicted molar refractivity (Wildman–Crippen MR) is 105 cm³/mol. The number of amides is 1. The molecule has 0 saturated heterocycles. The average molecular weight is 381 g/mol. The predicted octanol–water partition coefficient (Wildman–Crippen LogP) is 4.07. The van der Waals surface area contributed by atoms with Crippen molar-refractivity contribution >= 4 is 17.7 Å². The van der Waals surface area contributed by atoms with Crippen molar-refractivity contribution in [2.24, 2.45) is 0 Å². The van der Waals surface area contributed by atoms with Crippen LogP contribution in [0.1, 0.15) is 12.5 Å². The van der Waals surface area contributed by atoms with Crippen LogP contribution in [0, 0.1) is 5.82 Å². The van der Waals surface area contributed by atoms with E-state index in [1.54, 1.807) is 54.4 Å². The number of benzene rings is 2. The van der Waals surface area contributed by atoms with Gasteiger partial charge in [-0.15, -0.1) is 0 Å². The molecule has 3 rings (SSSR count). The molecule has 0 aliphatic heterocycles. The van der Waals surface area contributed by atoms with Crippen molar-refractivity contribution < 1.29 is 18.7 Å². The molecule has 2 aromatic carbocycles. The first-order valence-corrected chi connectivity index (χ1v) is 8.68. The Morgan fingerprint density at radius 2 is 2.11 bits per heavy atom. The number of imidazole rings is 1. The molecule has 1 heterocycles. The lowest BCUT2D eigenvalue weighted by Crippen LogP contribution is -2.08. The van der Waals surface area contributed by atoms with Crippen LogP contribution in [0.5, 0.6) is 11.5 Å². The van der Waals surface area contributed by atoms with Gasteiger partial charge in [0.15, 0.2) is 11.5 Å². The standard InChI is InChI=1S/C21H20FN3O3/c1-3-28-20-12-15(4-8-19(20)27-2)5-9-21(26)24-16-6-7-18(17(22)13-16)25-11-10-23-14-25/h4-14H,3H2,1-2H3,(H,24,26)/b9-5+. The fourth-order valence-electron chi connectivity index (χ4n) is 2.62. The van der Waals surface area contributed by atoms with E-state index >= 15 is 0 Å². The van der Waals surface area contributed by atoms with Gasteiger partial charge in [0, 0.05) is 24.2 Å². The van der Waals surface area contributed by atoms with Crippen molar-refractivity contribution in [3.63, 3.8) is 0 Å². The second-order valence-electron chi connectivity index (χ2n) is 5.80. The summed E-state index contributed by atoms with van der Waals surface area (Å²) in [5, 5.41) is 2.64. The van der Waals surface area contributed by atoms with Crippen LogP contribution in [0.3, 0.4) is 0 Å². The van der Waals surface area contributed by atoms with Gasteiger partial charge in [-0.25, -0.2) is 9.37 Å². The topological polar surface area (TPSA) is 65.4 Å². The van der Waals surface area contributed by atoms with Gasteiger partial charge in [0.2, 0.25) is 5.91 Å². The Kier molecular flexibility index (Phi) is 6.06. The van der Waals surface area contributed by atoms with Crippen LogP contribution in [0.2, 0.25) is 0 Å². The fourth-order valence-corrected chi connectivity index (χ4v) is 2.62. The zero-order valence-corrected chi connectivity index (χ0v) is 15.6. The van der Waals surface area contributed by atoms with Crippen LogP contribution in [0.4, 0.5) is 10.1 Å². The number of rotatable bonds is 7. The van der Waals surface area contributed by atoms with E-state index in [1.807, 2.05) is 13.0 Å². The highest BCUT2D eigenvalue weighted by molar-refractivity contribution is 6.02. The number of nitrogens with one attached hydrogen (secondary N) is 1. The number of ether oxygens (including phenoxy) is 2. The minimum atomic E-state index is -0.462. The zero-order valence-electron chi connectivity index (χ0n) is 15.6. The molecular formula is C21H20FN3O3. The lowest BCUT2D eigenvalue weighted by molar-refractivity contribution is -0.111. The van der Waals surface area contributed by atoms with Crippen molar-refractivity contribution in [1.82, 2.24) is 9.55 Å². The smallest absolute Gasteiger partial charge is 0.248 e. The monoisotopic (exact) mass is 381 g/mol. The van der Waals surface area contributed by atoms with Crippen LogP contribution >= 0.6 is 0 Å². The van der Waals surface area contributed by atoms with Gasteiger partial charge >= 0.3 is 0 Å². The Labute approximate surface area is 162 Å². The number of hydrogen-bond donors (Lipinski definition) is 1. The quantitative estimate of drug-likeness (QED) is 0.627. The van der Waals surface area contributed by atoms with Crippen molar-refractivity contribution in [2.45, 2.75) is 6.92 Å². The molecular weight excluding hydrogens is 361 g/mol. The van der Waals surface area contributed by atoms with Gasteiger partial charge in [-0.05, 0) is 48.9 Å². The van der Waals surface area contributed by atoms with E-state index in [0.29, 0.717) is 29.5 Å². The molecule has 0 aliphatic carbocycles. The lowest BCUT2D eigenvalue weighted by Gasteiger charge is -2.09. The summed E-state index contributed by atoms with van der Waals surface area (Å²) in [6.07, 6.45) is 7.73. The van der Waals surface area contributed by atoms with E-state index in [2.05, 4.69) is 10.3 Å². The molecule has 144 valence electrons. The SMILES string of the molecule is CCOc1cc(/C=C/C(=O)Nc2ccc(-n3ccnc3)c(F)c2)ccc1OC. The van der Waals surface area contributed by atoms with Gasteiger partial charge < -0.3 is 19.4 Å². The maximum atomic E-state index is 14.3. The van der Waals surface area contributed by atoms with Crippen molar-refractivity contribution in [3.05, 3.63) is 72.6 Å². The normalized spacial score (nSPS) is 10.8. The molecule has 0 atom stereocenters. The number of carbonyl (C=O) groups is 1. The molecule has 0 radical (unpaired) electrons. The first-order chi connectivity index (χ1) is 13.6. The second kappa shape index (κ2) is 8.85. The number of nitrogens with zero attached hydrogens (tertiary/aromatic N) is 2. The number of carbonyl (C=O) groups excluding carboxylic acids is 1. The highest BCUT2D eigenvalue weighted by Gasteiger charge is 2.07. The van der Waals surface area contributed by atoms with E-state index in [0.717, 1.165) is 5.56 Å². The maximum Gasteiger partial charge on any atom is 0.248 e. The number of methoxy groups -OCH3 is 1. The summed E-state index contributed by atoms with van der Waals surface area (Å²) in [6.45, 7) is 2.39. The van der Waals surface area contributed by atoms with Crippen molar-refractivity contribution in [1.29, 1.82) is 0 Å². The van der Waals surface area contributed by atoms with Crippen molar-refractivity contribution in [2.75, 3.05) is 19.0 Å². The summed E-state index contributed by atoms with van der Waals surface area (Å²) in [7, 11) is 1.57. The Morgan fingerprint density at radius 3 is 2.79 bits per heavy atom. The molecule has 1 aromatic heterocycles. The summed E-state index contributed by atoms with van der Waals surface area (Å²) in [4.78, 5) is 16.0. The van der Waals surface area contributed by atoms with Crippen LogP contribution < -0.4 is 14.8 Å². The number of anilines is 1. The third-order valence-corrected chi connectivity index (χ3v) is 3.91. The summed E-state index contributed by atoms with van der Waals surface area (Å²) >= 11 is 0. The molecule has 0 aliphatic rings. The summed E-state index contributed by atoms with van der Waals surface area (Å²) in [5.74, 6) is 0.390. The Morgan fingerprint density at radius 1 is 1.25 bits per heavy atom. The number of halogens is 1. The van der Waals surface area contributed by atoms with Crippen LogP contribution in [0.15, 0.2) is 61.2 Å². The minimum absolute atomic E-state index is 0.354. The second-order valence-corrected chi connectivity index (χ2v) is 5.80. The highest BCUT2D eigenvalue weighted by Crippen LogP contribution is 2.28. The maximum absolute atomic E-state index is 14.3. The van der Waals surface area contributed by atoms with E-state index in [-0.39, 0.29) is 5.91 Å². The van der Waals surface area contributed by atoms with Gasteiger partial charge in [-0.1, -0.05) is 6.07 Å². The van der Waals surface area contributed by atoms with Crippen LogP contribution in [0.25, 0.3) is 11.8 Å². The zero-order chi connectivity index (χ0) is 19.9. The molecule has 0 spiro atoms. The fraction of sp³-hybridized carbons (Fsp3) is 0.143. The van der Waals surface area contributed by atoms with E-state index in [9.17, 15) is 9.18 Å². The van der Waals surface area contributed by atoms with Gasteiger partial charge in [0.05, 0.1) is 25.7 Å². The highest BCUT2D eigenvalue weighted by atomic mass is 19.1. The molecule has 0 bridgehead atoms. The summed E-state index contributed by atoms with van der Waals surface area (Å²) in [5.41, 5.74) is 1.49. The first kappa shape index (κ1) is 19.2. The molecule has 0 unspecified atom stereocenters.